The molecule has 1 aliphatic heterocycles. The Morgan fingerprint density at radius 1 is 0.344 bits per heavy atom. The van der Waals surface area contributed by atoms with E-state index in [-0.39, 0.29) is 0 Å². The number of anilines is 6. The first-order valence-corrected chi connectivity index (χ1v) is 22.0. The number of hydrogen-bond donors (Lipinski definition) is 0. The van der Waals surface area contributed by atoms with Crippen molar-refractivity contribution in [2.24, 2.45) is 0 Å². The number of furan rings is 1. The van der Waals surface area contributed by atoms with E-state index in [1.807, 2.05) is 0 Å². The van der Waals surface area contributed by atoms with Crippen molar-refractivity contribution in [2.75, 3.05) is 9.80 Å². The molecule has 10 aromatic carbocycles. The van der Waals surface area contributed by atoms with Crippen LogP contribution in [0.2, 0.25) is 0 Å². The van der Waals surface area contributed by atoms with Crippen LogP contribution in [0.3, 0.4) is 0 Å². The number of nitrogens with zero attached hydrogens (tertiary/aromatic N) is 2. The van der Waals surface area contributed by atoms with Gasteiger partial charge < -0.3 is 14.2 Å². The zero-order valence-corrected chi connectivity index (χ0v) is 34.9. The predicted octanol–water partition coefficient (Wildman–Crippen LogP) is 16.5. The summed E-state index contributed by atoms with van der Waals surface area (Å²) in [5.41, 5.74) is 19.8. The molecule has 3 nitrogen and oxygen atoms in total. The van der Waals surface area contributed by atoms with E-state index in [2.05, 4.69) is 252 Å². The second kappa shape index (κ2) is 14.3. The van der Waals surface area contributed by atoms with Crippen LogP contribution in [0.15, 0.2) is 247 Å². The maximum atomic E-state index is 6.92. The quantitative estimate of drug-likeness (QED) is 0.167. The number of hydrogen-bond acceptors (Lipinski definition) is 3. The third-order valence-corrected chi connectivity index (χ3v) is 13.5. The predicted molar refractivity (Wildman–Crippen MR) is 265 cm³/mol. The van der Waals surface area contributed by atoms with Gasteiger partial charge in [-0.25, -0.2) is 0 Å². The van der Waals surface area contributed by atoms with Crippen LogP contribution in [-0.2, 0) is 5.41 Å². The molecule has 300 valence electrons. The lowest BCUT2D eigenvalue weighted by Crippen LogP contribution is -2.36. The van der Waals surface area contributed by atoms with Crippen molar-refractivity contribution in [3.05, 3.63) is 265 Å². The van der Waals surface area contributed by atoms with Gasteiger partial charge in [-0.2, -0.15) is 0 Å². The van der Waals surface area contributed by atoms with Crippen LogP contribution in [0.4, 0.5) is 34.1 Å². The molecular weight excluding hydrogens is 777 g/mol. The Kier molecular flexibility index (Phi) is 8.13. The fourth-order valence-corrected chi connectivity index (χ4v) is 10.9. The van der Waals surface area contributed by atoms with Crippen molar-refractivity contribution < 1.29 is 4.42 Å². The van der Waals surface area contributed by atoms with Gasteiger partial charge in [-0.15, -0.1) is 0 Å². The van der Waals surface area contributed by atoms with Gasteiger partial charge in [0.15, 0.2) is 5.58 Å². The van der Waals surface area contributed by atoms with Gasteiger partial charge in [-0.3, -0.25) is 0 Å². The minimum absolute atomic E-state index is 0.607. The van der Waals surface area contributed by atoms with Gasteiger partial charge in [-0.05, 0) is 93.0 Å². The van der Waals surface area contributed by atoms with E-state index >= 15 is 0 Å². The largest absolute Gasteiger partial charge is 0.454 e. The third-order valence-electron chi connectivity index (χ3n) is 13.5. The molecule has 64 heavy (non-hydrogen) atoms. The van der Waals surface area contributed by atoms with Crippen molar-refractivity contribution >= 4 is 56.1 Å². The minimum atomic E-state index is -0.607. The average molecular weight is 817 g/mol. The van der Waals surface area contributed by atoms with Crippen molar-refractivity contribution in [3.63, 3.8) is 0 Å². The van der Waals surface area contributed by atoms with Crippen molar-refractivity contribution in [1.29, 1.82) is 0 Å². The van der Waals surface area contributed by atoms with E-state index < -0.39 is 5.41 Å². The van der Waals surface area contributed by atoms with Gasteiger partial charge >= 0.3 is 0 Å². The summed E-state index contributed by atoms with van der Waals surface area (Å²) in [4.78, 5) is 4.91. The topological polar surface area (TPSA) is 19.6 Å². The molecule has 1 spiro atoms. The summed E-state index contributed by atoms with van der Waals surface area (Å²) in [6.07, 6.45) is 0. The summed E-state index contributed by atoms with van der Waals surface area (Å²) in [5.74, 6) is 0. The molecule has 0 bridgehead atoms. The first-order chi connectivity index (χ1) is 31.8. The minimum Gasteiger partial charge on any atom is -0.454 e. The number of rotatable bonds is 6. The Morgan fingerprint density at radius 2 is 0.859 bits per heavy atom. The Bertz CT molecular complexity index is 3520. The fraction of sp³-hybridized carbons (Fsp3) is 0.0164. The van der Waals surface area contributed by atoms with Gasteiger partial charge in [0.25, 0.3) is 0 Å². The molecule has 0 saturated heterocycles. The molecule has 0 unspecified atom stereocenters. The van der Waals surface area contributed by atoms with E-state index in [1.165, 1.54) is 55.9 Å². The zero-order chi connectivity index (χ0) is 42.2. The van der Waals surface area contributed by atoms with E-state index in [0.717, 1.165) is 55.8 Å². The highest BCUT2D eigenvalue weighted by Crippen LogP contribution is 2.65. The molecule has 0 fully saturated rings. The van der Waals surface area contributed by atoms with Crippen LogP contribution < -0.4 is 9.80 Å². The van der Waals surface area contributed by atoms with E-state index in [4.69, 9.17) is 4.42 Å². The number of benzene rings is 10. The highest BCUT2D eigenvalue weighted by Gasteiger charge is 2.52. The van der Waals surface area contributed by atoms with Crippen molar-refractivity contribution in [1.82, 2.24) is 0 Å². The van der Waals surface area contributed by atoms with Gasteiger partial charge in [0.1, 0.15) is 5.58 Å². The van der Waals surface area contributed by atoms with E-state index in [9.17, 15) is 0 Å². The maximum Gasteiger partial charge on any atom is 0.159 e. The lowest BCUT2D eigenvalue weighted by Gasteiger charge is -2.45. The molecule has 11 aromatic rings. The standard InChI is InChI=1S/C61H40N2O/c1-3-19-41(20-4-1)42-37-39-43(40-38-42)45-23-8-13-31-53(45)63(57-35-17-26-47-46-24-9-16-36-58(46)64-60(47)57)56-34-18-30-52-59(56)48-25-7-10-27-49(48)61(52)50-28-11-14-32-54(50)62(44-21-5-2-6-22-44)55-33-15-12-29-51(55)61/h1-40H. The lowest BCUT2D eigenvalue weighted by atomic mass is 9.64. The molecule has 2 heterocycles. The van der Waals surface area contributed by atoms with E-state index in [0.29, 0.717) is 0 Å². The van der Waals surface area contributed by atoms with Crippen LogP contribution in [0, 0.1) is 0 Å². The lowest BCUT2D eigenvalue weighted by molar-refractivity contribution is 0.669. The van der Waals surface area contributed by atoms with Gasteiger partial charge in [0, 0.05) is 27.6 Å². The first kappa shape index (κ1) is 36.3. The normalized spacial score (nSPS) is 13.1. The zero-order valence-electron chi connectivity index (χ0n) is 34.9. The Hall–Kier alpha value is -8.40. The molecule has 0 saturated carbocycles. The van der Waals surface area contributed by atoms with Crippen LogP contribution in [0.25, 0.3) is 55.3 Å². The summed E-state index contributed by atoms with van der Waals surface area (Å²) >= 11 is 0. The molecule has 2 aliphatic rings. The second-order valence-electron chi connectivity index (χ2n) is 16.7. The highest BCUT2D eigenvalue weighted by atomic mass is 16.3. The fourth-order valence-electron chi connectivity index (χ4n) is 10.9. The molecule has 3 heteroatoms. The molecule has 0 atom stereocenters. The van der Waals surface area contributed by atoms with Crippen LogP contribution in [0.1, 0.15) is 22.3 Å². The summed E-state index contributed by atoms with van der Waals surface area (Å²) < 4.78 is 6.92. The summed E-state index contributed by atoms with van der Waals surface area (Å²) in [5, 5.41) is 2.19. The number of fused-ring (bicyclic) bond motifs is 12. The van der Waals surface area contributed by atoms with Crippen LogP contribution in [-0.4, -0.2) is 0 Å². The molecule has 1 aromatic heterocycles. The average Bonchev–Trinajstić information content (AvgIpc) is 3.90. The van der Waals surface area contributed by atoms with Gasteiger partial charge in [0.05, 0.1) is 33.9 Å². The molecule has 0 radical (unpaired) electrons. The van der Waals surface area contributed by atoms with Gasteiger partial charge in [-0.1, -0.05) is 194 Å². The highest BCUT2D eigenvalue weighted by molar-refractivity contribution is 6.12. The summed E-state index contributed by atoms with van der Waals surface area (Å²) in [6, 6.07) is 88.2. The first-order valence-electron chi connectivity index (χ1n) is 22.0. The van der Waals surface area contributed by atoms with E-state index in [1.54, 1.807) is 0 Å². The third kappa shape index (κ3) is 5.22. The smallest absolute Gasteiger partial charge is 0.159 e. The molecular formula is C61H40N2O. The Balaban J connectivity index is 1.11. The SMILES string of the molecule is c1ccc(-c2ccc(-c3ccccc3N(c3cccc4c3-c3ccccc3C43c4ccccc4N(c4ccccc4)c4ccccc43)c3cccc4c3oc3ccccc34)cc2)cc1. The Labute approximate surface area is 372 Å². The van der Waals surface area contributed by atoms with Crippen LogP contribution >= 0.6 is 0 Å². The molecule has 13 rings (SSSR count). The van der Waals surface area contributed by atoms with Crippen molar-refractivity contribution in [3.8, 4) is 33.4 Å². The Morgan fingerprint density at radius 3 is 1.62 bits per heavy atom. The van der Waals surface area contributed by atoms with Crippen LogP contribution in [0.5, 0.6) is 0 Å². The summed E-state index contributed by atoms with van der Waals surface area (Å²) in [6.45, 7) is 0. The second-order valence-corrected chi connectivity index (χ2v) is 16.7. The molecule has 1 aliphatic carbocycles. The molecule has 0 amide bonds. The van der Waals surface area contributed by atoms with Crippen molar-refractivity contribution in [2.45, 2.75) is 5.41 Å². The maximum absolute atomic E-state index is 6.92. The number of para-hydroxylation sites is 6. The monoisotopic (exact) mass is 816 g/mol. The van der Waals surface area contributed by atoms with Gasteiger partial charge in [0.2, 0.25) is 0 Å². The molecule has 0 N–H and O–H groups in total. The summed E-state index contributed by atoms with van der Waals surface area (Å²) in [7, 11) is 0.